The number of ether oxygens (including phenoxy) is 1. The van der Waals surface area contributed by atoms with Crippen LogP contribution in [0.2, 0.25) is 0 Å². The standard InChI is InChI=1S/C9H14O4S/c10-9(7-3-4-13-6-7)8-2-1-5-14(8,11)12/h6,8-10H,1-5H2. The summed E-state index contributed by atoms with van der Waals surface area (Å²) < 4.78 is 28.1. The second kappa shape index (κ2) is 3.55. The lowest BCUT2D eigenvalue weighted by atomic mass is 10.0. The van der Waals surface area contributed by atoms with Crippen molar-refractivity contribution in [1.82, 2.24) is 0 Å². The Morgan fingerprint density at radius 1 is 1.57 bits per heavy atom. The predicted octanol–water partition coefficient (Wildman–Crippen LogP) is 0.229. The average molecular weight is 218 g/mol. The van der Waals surface area contributed by atoms with Gasteiger partial charge in [-0.05, 0) is 18.4 Å². The number of rotatable bonds is 2. The van der Waals surface area contributed by atoms with E-state index in [0.29, 0.717) is 25.9 Å². The van der Waals surface area contributed by atoms with E-state index in [2.05, 4.69) is 0 Å². The Bertz CT molecular complexity index is 344. The molecule has 1 saturated heterocycles. The maximum absolute atomic E-state index is 11.5. The molecule has 0 aromatic heterocycles. The molecule has 0 aromatic rings. The minimum Gasteiger partial charge on any atom is -0.501 e. The second-order valence-corrected chi connectivity index (χ2v) is 6.15. The Balaban J connectivity index is 2.15. The van der Waals surface area contributed by atoms with Gasteiger partial charge >= 0.3 is 0 Å². The van der Waals surface area contributed by atoms with Crippen LogP contribution in [0.15, 0.2) is 11.8 Å². The molecule has 1 N–H and O–H groups in total. The molecule has 0 saturated carbocycles. The van der Waals surface area contributed by atoms with Gasteiger partial charge < -0.3 is 9.84 Å². The molecule has 0 radical (unpaired) electrons. The highest BCUT2D eigenvalue weighted by Crippen LogP contribution is 2.28. The summed E-state index contributed by atoms with van der Waals surface area (Å²) in [6.07, 6.45) is 2.52. The van der Waals surface area contributed by atoms with E-state index in [9.17, 15) is 13.5 Å². The predicted molar refractivity (Wildman–Crippen MR) is 51.5 cm³/mol. The van der Waals surface area contributed by atoms with Crippen LogP contribution < -0.4 is 0 Å². The third-order valence-electron chi connectivity index (χ3n) is 2.85. The first-order valence-corrected chi connectivity index (χ1v) is 6.53. The van der Waals surface area contributed by atoms with Gasteiger partial charge in [0, 0.05) is 6.42 Å². The highest BCUT2D eigenvalue weighted by Gasteiger charge is 2.38. The van der Waals surface area contributed by atoms with Crippen molar-refractivity contribution in [3.05, 3.63) is 11.8 Å². The fraction of sp³-hybridized carbons (Fsp3) is 0.778. The molecule has 0 aliphatic carbocycles. The van der Waals surface area contributed by atoms with Gasteiger partial charge in [-0.2, -0.15) is 0 Å². The molecular formula is C9H14O4S. The maximum atomic E-state index is 11.5. The molecule has 4 nitrogen and oxygen atoms in total. The zero-order chi connectivity index (χ0) is 10.2. The minimum atomic E-state index is -3.07. The van der Waals surface area contributed by atoms with Crippen molar-refractivity contribution in [2.24, 2.45) is 0 Å². The summed E-state index contributed by atoms with van der Waals surface area (Å²) in [6.45, 7) is 0.555. The molecule has 2 unspecified atom stereocenters. The third-order valence-corrected chi connectivity index (χ3v) is 5.13. The van der Waals surface area contributed by atoms with Crippen molar-refractivity contribution in [3.8, 4) is 0 Å². The Morgan fingerprint density at radius 2 is 2.36 bits per heavy atom. The molecule has 2 aliphatic heterocycles. The summed E-state index contributed by atoms with van der Waals surface area (Å²) >= 11 is 0. The van der Waals surface area contributed by atoms with E-state index < -0.39 is 21.2 Å². The van der Waals surface area contributed by atoms with E-state index in [0.717, 1.165) is 5.57 Å². The van der Waals surface area contributed by atoms with Gasteiger partial charge in [0.15, 0.2) is 9.84 Å². The topological polar surface area (TPSA) is 63.6 Å². The Labute approximate surface area is 83.5 Å². The molecule has 0 amide bonds. The highest BCUT2D eigenvalue weighted by atomic mass is 32.2. The summed E-state index contributed by atoms with van der Waals surface area (Å²) in [5.41, 5.74) is 0.723. The lowest BCUT2D eigenvalue weighted by molar-refractivity contribution is 0.200. The molecule has 80 valence electrons. The highest BCUT2D eigenvalue weighted by molar-refractivity contribution is 7.92. The van der Waals surface area contributed by atoms with Crippen LogP contribution in [0.4, 0.5) is 0 Å². The molecule has 0 aromatic carbocycles. The number of hydrogen-bond donors (Lipinski definition) is 1. The molecule has 2 aliphatic rings. The van der Waals surface area contributed by atoms with Crippen molar-refractivity contribution in [3.63, 3.8) is 0 Å². The second-order valence-electron chi connectivity index (χ2n) is 3.81. The van der Waals surface area contributed by atoms with Gasteiger partial charge in [-0.15, -0.1) is 0 Å². The fourth-order valence-corrected chi connectivity index (χ4v) is 3.99. The van der Waals surface area contributed by atoms with Crippen LogP contribution in [0.5, 0.6) is 0 Å². The van der Waals surface area contributed by atoms with Crippen molar-refractivity contribution < 1.29 is 18.3 Å². The van der Waals surface area contributed by atoms with Gasteiger partial charge in [-0.3, -0.25) is 0 Å². The largest absolute Gasteiger partial charge is 0.501 e. The van der Waals surface area contributed by atoms with Gasteiger partial charge in [0.1, 0.15) is 0 Å². The van der Waals surface area contributed by atoms with Crippen LogP contribution in [0.1, 0.15) is 19.3 Å². The van der Waals surface area contributed by atoms with Crippen molar-refractivity contribution in [2.45, 2.75) is 30.6 Å². The molecule has 0 spiro atoms. The summed E-state index contributed by atoms with van der Waals surface area (Å²) in [4.78, 5) is 0. The Morgan fingerprint density at radius 3 is 2.86 bits per heavy atom. The maximum Gasteiger partial charge on any atom is 0.156 e. The van der Waals surface area contributed by atoms with Crippen LogP contribution in [-0.4, -0.2) is 37.2 Å². The van der Waals surface area contributed by atoms with Gasteiger partial charge in [0.25, 0.3) is 0 Å². The number of hydrogen-bond acceptors (Lipinski definition) is 4. The molecular weight excluding hydrogens is 204 g/mol. The van der Waals surface area contributed by atoms with E-state index in [4.69, 9.17) is 4.74 Å². The molecule has 2 atom stereocenters. The van der Waals surface area contributed by atoms with Crippen LogP contribution in [0.25, 0.3) is 0 Å². The van der Waals surface area contributed by atoms with E-state index in [-0.39, 0.29) is 5.75 Å². The fourth-order valence-electron chi connectivity index (χ4n) is 2.03. The van der Waals surface area contributed by atoms with E-state index >= 15 is 0 Å². The first kappa shape index (κ1) is 9.98. The van der Waals surface area contributed by atoms with Gasteiger partial charge in [-0.1, -0.05) is 0 Å². The molecule has 2 rings (SSSR count). The Kier molecular flexibility index (Phi) is 2.53. The number of aliphatic hydroxyl groups is 1. The number of aliphatic hydroxyl groups excluding tert-OH is 1. The van der Waals surface area contributed by atoms with Crippen LogP contribution in [-0.2, 0) is 14.6 Å². The quantitative estimate of drug-likeness (QED) is 0.720. The zero-order valence-corrected chi connectivity index (χ0v) is 8.66. The van der Waals surface area contributed by atoms with Crippen molar-refractivity contribution in [1.29, 1.82) is 0 Å². The van der Waals surface area contributed by atoms with E-state index in [1.165, 1.54) is 6.26 Å². The summed E-state index contributed by atoms with van der Waals surface area (Å²) in [5.74, 6) is 0.211. The van der Waals surface area contributed by atoms with Gasteiger partial charge in [0.2, 0.25) is 0 Å². The lowest BCUT2D eigenvalue weighted by Gasteiger charge is -2.17. The first-order valence-electron chi connectivity index (χ1n) is 4.81. The minimum absolute atomic E-state index is 0.211. The molecule has 5 heteroatoms. The molecule has 2 heterocycles. The van der Waals surface area contributed by atoms with Crippen molar-refractivity contribution in [2.75, 3.05) is 12.4 Å². The summed E-state index contributed by atoms with van der Waals surface area (Å²) in [6, 6.07) is 0. The lowest BCUT2D eigenvalue weighted by Crippen LogP contribution is -2.31. The first-order chi connectivity index (χ1) is 6.61. The van der Waals surface area contributed by atoms with Crippen LogP contribution >= 0.6 is 0 Å². The zero-order valence-electron chi connectivity index (χ0n) is 7.85. The van der Waals surface area contributed by atoms with E-state index in [1.807, 2.05) is 0 Å². The number of sulfone groups is 1. The smallest absolute Gasteiger partial charge is 0.156 e. The van der Waals surface area contributed by atoms with Gasteiger partial charge in [0.05, 0.1) is 30.0 Å². The average Bonchev–Trinajstić information content (AvgIpc) is 2.71. The molecule has 14 heavy (non-hydrogen) atoms. The third kappa shape index (κ3) is 1.66. The Hall–Kier alpha value is -0.550. The van der Waals surface area contributed by atoms with Crippen LogP contribution in [0.3, 0.4) is 0 Å². The summed E-state index contributed by atoms with van der Waals surface area (Å²) in [5, 5.41) is 9.26. The van der Waals surface area contributed by atoms with Crippen LogP contribution in [0, 0.1) is 0 Å². The SMILES string of the molecule is O=S1(=O)CCCC1C(O)C1=COCC1. The van der Waals surface area contributed by atoms with E-state index in [1.54, 1.807) is 0 Å². The monoisotopic (exact) mass is 218 g/mol. The van der Waals surface area contributed by atoms with Gasteiger partial charge in [-0.25, -0.2) is 8.42 Å². The normalized spacial score (nSPS) is 32.4. The van der Waals surface area contributed by atoms with Crippen molar-refractivity contribution >= 4 is 9.84 Å². The summed E-state index contributed by atoms with van der Waals surface area (Å²) in [7, 11) is -3.07. The molecule has 0 bridgehead atoms. The molecule has 1 fully saturated rings.